The molecule has 0 aromatic carbocycles. The fourth-order valence-corrected chi connectivity index (χ4v) is 3.25. The van der Waals surface area contributed by atoms with Gasteiger partial charge in [0.1, 0.15) is 0 Å². The van der Waals surface area contributed by atoms with E-state index in [0.717, 1.165) is 11.3 Å². The third-order valence-corrected chi connectivity index (χ3v) is 4.32. The molecule has 0 heterocycles. The average Bonchev–Trinajstić information content (AvgIpc) is 2.41. The second-order valence-electron chi connectivity index (χ2n) is 6.44. The monoisotopic (exact) mass is 195 g/mol. The Labute approximate surface area is 88.7 Å². The van der Waals surface area contributed by atoms with Gasteiger partial charge >= 0.3 is 0 Å². The summed E-state index contributed by atoms with van der Waals surface area (Å²) in [5, 5.41) is 3.69. The summed E-state index contributed by atoms with van der Waals surface area (Å²) in [5.74, 6) is 0.982. The van der Waals surface area contributed by atoms with E-state index in [1.165, 1.54) is 45.1 Å². The number of hydrogen-bond donors (Lipinski definition) is 1. The topological polar surface area (TPSA) is 12.0 Å². The minimum Gasteiger partial charge on any atom is -0.312 e. The summed E-state index contributed by atoms with van der Waals surface area (Å²) in [7, 11) is 0. The maximum Gasteiger partial charge on any atom is 0.00966 e. The zero-order valence-corrected chi connectivity index (χ0v) is 10.0. The van der Waals surface area contributed by atoms with Gasteiger partial charge in [-0.25, -0.2) is 0 Å². The summed E-state index contributed by atoms with van der Waals surface area (Å²) in [6, 6.07) is 0. The molecule has 2 aliphatic carbocycles. The molecule has 14 heavy (non-hydrogen) atoms. The van der Waals surface area contributed by atoms with Crippen LogP contribution in [0.25, 0.3) is 0 Å². The van der Waals surface area contributed by atoms with E-state index in [4.69, 9.17) is 0 Å². The number of nitrogens with one attached hydrogen (secondary N) is 1. The molecule has 1 nitrogen and oxygen atoms in total. The van der Waals surface area contributed by atoms with E-state index in [1.807, 2.05) is 0 Å². The first-order valence-corrected chi connectivity index (χ1v) is 6.27. The Kier molecular flexibility index (Phi) is 2.63. The molecular weight excluding hydrogens is 170 g/mol. The van der Waals surface area contributed by atoms with Gasteiger partial charge in [-0.2, -0.15) is 0 Å². The highest BCUT2D eigenvalue weighted by Gasteiger charge is 2.46. The molecule has 0 aromatic rings. The van der Waals surface area contributed by atoms with Crippen LogP contribution in [0.15, 0.2) is 0 Å². The van der Waals surface area contributed by atoms with Crippen LogP contribution in [0.2, 0.25) is 0 Å². The zero-order chi connectivity index (χ0) is 10.2. The summed E-state index contributed by atoms with van der Waals surface area (Å²) in [6.45, 7) is 8.07. The summed E-state index contributed by atoms with van der Waals surface area (Å²) in [5.41, 5.74) is 1.09. The quantitative estimate of drug-likeness (QED) is 0.712. The molecule has 2 rings (SSSR count). The molecule has 0 radical (unpaired) electrons. The maximum absolute atomic E-state index is 3.69. The van der Waals surface area contributed by atoms with Crippen LogP contribution in [0, 0.1) is 11.3 Å². The zero-order valence-electron chi connectivity index (χ0n) is 10.0. The molecule has 0 amide bonds. The van der Waals surface area contributed by atoms with Crippen LogP contribution in [0.4, 0.5) is 0 Å². The number of hydrogen-bond acceptors (Lipinski definition) is 1. The van der Waals surface area contributed by atoms with Gasteiger partial charge in [-0.15, -0.1) is 0 Å². The second-order valence-corrected chi connectivity index (χ2v) is 6.44. The highest BCUT2D eigenvalue weighted by Crippen LogP contribution is 2.56. The minimum absolute atomic E-state index is 0.299. The van der Waals surface area contributed by atoms with Crippen molar-refractivity contribution < 1.29 is 0 Å². The van der Waals surface area contributed by atoms with Gasteiger partial charge in [0.15, 0.2) is 0 Å². The van der Waals surface area contributed by atoms with Crippen molar-refractivity contribution in [2.75, 3.05) is 6.54 Å². The van der Waals surface area contributed by atoms with E-state index in [1.54, 1.807) is 0 Å². The molecule has 0 saturated heterocycles. The van der Waals surface area contributed by atoms with Crippen LogP contribution in [0.1, 0.15) is 59.3 Å². The average molecular weight is 195 g/mol. The molecule has 1 heteroatoms. The van der Waals surface area contributed by atoms with Crippen LogP contribution in [-0.2, 0) is 0 Å². The normalized spacial score (nSPS) is 30.6. The van der Waals surface area contributed by atoms with E-state index in [-0.39, 0.29) is 0 Å². The fourth-order valence-electron chi connectivity index (χ4n) is 3.25. The van der Waals surface area contributed by atoms with E-state index in [0.29, 0.717) is 5.54 Å². The Hall–Kier alpha value is -0.0400. The van der Waals surface area contributed by atoms with Crippen LogP contribution < -0.4 is 5.32 Å². The molecule has 1 unspecified atom stereocenters. The largest absolute Gasteiger partial charge is 0.312 e. The van der Waals surface area contributed by atoms with Gasteiger partial charge in [0, 0.05) is 5.54 Å². The van der Waals surface area contributed by atoms with Crippen molar-refractivity contribution in [3.8, 4) is 0 Å². The van der Waals surface area contributed by atoms with Gasteiger partial charge in [0.05, 0.1) is 0 Å². The van der Waals surface area contributed by atoms with Crippen LogP contribution >= 0.6 is 0 Å². The SMILES string of the molecule is CC(C)(C)NCC1CCCC12CCC2. The van der Waals surface area contributed by atoms with Crippen molar-refractivity contribution in [2.24, 2.45) is 11.3 Å². The third-order valence-electron chi connectivity index (χ3n) is 4.32. The van der Waals surface area contributed by atoms with E-state index in [2.05, 4.69) is 26.1 Å². The summed E-state index contributed by atoms with van der Waals surface area (Å²) in [6.07, 6.45) is 9.00. The highest BCUT2D eigenvalue weighted by atomic mass is 14.9. The van der Waals surface area contributed by atoms with Gasteiger partial charge in [-0.1, -0.05) is 12.8 Å². The molecule has 2 fully saturated rings. The Morgan fingerprint density at radius 1 is 1.14 bits per heavy atom. The Morgan fingerprint density at radius 2 is 1.79 bits per heavy atom. The van der Waals surface area contributed by atoms with E-state index >= 15 is 0 Å². The van der Waals surface area contributed by atoms with E-state index in [9.17, 15) is 0 Å². The molecule has 2 saturated carbocycles. The molecular formula is C13H25N. The van der Waals surface area contributed by atoms with Gasteiger partial charge in [0.2, 0.25) is 0 Å². The van der Waals surface area contributed by atoms with Gasteiger partial charge < -0.3 is 5.32 Å². The van der Waals surface area contributed by atoms with Crippen molar-refractivity contribution in [3.63, 3.8) is 0 Å². The predicted octanol–water partition coefficient (Wildman–Crippen LogP) is 3.34. The standard InChI is InChI=1S/C13H25N/c1-12(2,3)14-10-11-6-4-7-13(11)8-5-9-13/h11,14H,4-10H2,1-3H3. The molecule has 0 aromatic heterocycles. The smallest absolute Gasteiger partial charge is 0.00966 e. The molecule has 1 N–H and O–H groups in total. The lowest BCUT2D eigenvalue weighted by Gasteiger charge is -2.44. The lowest BCUT2D eigenvalue weighted by Crippen LogP contribution is -2.44. The molecule has 2 aliphatic rings. The fraction of sp³-hybridized carbons (Fsp3) is 1.00. The summed E-state index contributed by atoms with van der Waals surface area (Å²) >= 11 is 0. The van der Waals surface area contributed by atoms with Crippen LogP contribution in [0.3, 0.4) is 0 Å². The van der Waals surface area contributed by atoms with Crippen molar-refractivity contribution in [3.05, 3.63) is 0 Å². The summed E-state index contributed by atoms with van der Waals surface area (Å²) < 4.78 is 0. The van der Waals surface area contributed by atoms with Crippen molar-refractivity contribution >= 4 is 0 Å². The maximum atomic E-state index is 3.69. The molecule has 82 valence electrons. The number of rotatable bonds is 2. The molecule has 0 bridgehead atoms. The van der Waals surface area contributed by atoms with Gasteiger partial charge in [0.25, 0.3) is 0 Å². The van der Waals surface area contributed by atoms with Gasteiger partial charge in [-0.05, 0) is 64.3 Å². The third kappa shape index (κ3) is 1.98. The first-order valence-electron chi connectivity index (χ1n) is 6.27. The second kappa shape index (κ2) is 3.52. The molecule has 1 atom stereocenters. The Balaban J connectivity index is 1.85. The first kappa shape index (κ1) is 10.5. The highest BCUT2D eigenvalue weighted by molar-refractivity contribution is 4.98. The minimum atomic E-state index is 0.299. The summed E-state index contributed by atoms with van der Waals surface area (Å²) in [4.78, 5) is 0. The van der Waals surface area contributed by atoms with Crippen molar-refractivity contribution in [1.29, 1.82) is 0 Å². The molecule has 1 spiro atoms. The predicted molar refractivity (Wildman–Crippen MR) is 61.4 cm³/mol. The van der Waals surface area contributed by atoms with Crippen molar-refractivity contribution in [2.45, 2.75) is 64.8 Å². The molecule has 0 aliphatic heterocycles. The lowest BCUT2D eigenvalue weighted by molar-refractivity contribution is 0.0740. The first-order chi connectivity index (χ1) is 6.52. The van der Waals surface area contributed by atoms with Crippen LogP contribution in [0.5, 0.6) is 0 Å². The van der Waals surface area contributed by atoms with E-state index < -0.39 is 0 Å². The Morgan fingerprint density at radius 3 is 2.29 bits per heavy atom. The van der Waals surface area contributed by atoms with Crippen molar-refractivity contribution in [1.82, 2.24) is 5.32 Å². The lowest BCUT2D eigenvalue weighted by atomic mass is 9.62. The van der Waals surface area contributed by atoms with Crippen LogP contribution in [-0.4, -0.2) is 12.1 Å². The van der Waals surface area contributed by atoms with Gasteiger partial charge in [-0.3, -0.25) is 0 Å². The Bertz CT molecular complexity index is 198.